The Morgan fingerprint density at radius 1 is 0.952 bits per heavy atom. The van der Waals surface area contributed by atoms with E-state index in [4.69, 9.17) is 0 Å². The van der Waals surface area contributed by atoms with Gasteiger partial charge in [-0.25, -0.2) is 0 Å². The first-order valence-electron chi connectivity index (χ1n) is 7.25. The first-order chi connectivity index (χ1) is 10.2. The van der Waals surface area contributed by atoms with E-state index in [0.29, 0.717) is 19.5 Å². The lowest BCUT2D eigenvalue weighted by Gasteiger charge is -2.28. The van der Waals surface area contributed by atoms with Gasteiger partial charge in [0.25, 0.3) is 0 Å². The number of hydrogen-bond donors (Lipinski definition) is 1. The van der Waals surface area contributed by atoms with E-state index in [-0.39, 0.29) is 0 Å². The van der Waals surface area contributed by atoms with E-state index >= 15 is 0 Å². The second kappa shape index (κ2) is 7.60. The van der Waals surface area contributed by atoms with Crippen LogP contribution in [0.15, 0.2) is 60.7 Å². The van der Waals surface area contributed by atoms with E-state index in [1.54, 1.807) is 0 Å². The fourth-order valence-corrected chi connectivity index (χ4v) is 2.50. The maximum Gasteiger partial charge on any atom is 0.320 e. The third-order valence-corrected chi connectivity index (χ3v) is 3.57. The molecule has 0 amide bonds. The van der Waals surface area contributed by atoms with E-state index < -0.39 is 12.0 Å². The zero-order chi connectivity index (χ0) is 15.1. The number of aliphatic carboxylic acids is 1. The van der Waals surface area contributed by atoms with Gasteiger partial charge in [0.15, 0.2) is 0 Å². The molecular weight excluding hydrogens is 262 g/mol. The van der Waals surface area contributed by atoms with Crippen molar-refractivity contribution in [2.45, 2.75) is 32.5 Å². The molecule has 0 saturated carbocycles. The van der Waals surface area contributed by atoms with Crippen LogP contribution in [0.5, 0.6) is 0 Å². The van der Waals surface area contributed by atoms with Crippen molar-refractivity contribution in [3.63, 3.8) is 0 Å². The van der Waals surface area contributed by atoms with E-state index in [9.17, 15) is 9.90 Å². The van der Waals surface area contributed by atoms with Crippen LogP contribution < -0.4 is 0 Å². The third-order valence-electron chi connectivity index (χ3n) is 3.57. The molecule has 0 bridgehead atoms. The van der Waals surface area contributed by atoms with Gasteiger partial charge in [-0.3, -0.25) is 9.69 Å². The highest BCUT2D eigenvalue weighted by molar-refractivity contribution is 5.73. The molecule has 0 aliphatic carbocycles. The highest BCUT2D eigenvalue weighted by Gasteiger charge is 2.23. The average Bonchev–Trinajstić information content (AvgIpc) is 2.49. The van der Waals surface area contributed by atoms with Crippen molar-refractivity contribution in [1.82, 2.24) is 4.90 Å². The Labute approximate surface area is 125 Å². The number of carboxylic acid groups (broad SMARTS) is 1. The smallest absolute Gasteiger partial charge is 0.320 e. The molecule has 1 atom stereocenters. The maximum absolute atomic E-state index is 11.5. The van der Waals surface area contributed by atoms with Crippen LogP contribution in [0.1, 0.15) is 24.5 Å². The Balaban J connectivity index is 2.19. The monoisotopic (exact) mass is 283 g/mol. The van der Waals surface area contributed by atoms with Crippen molar-refractivity contribution in [1.29, 1.82) is 0 Å². The molecule has 0 aromatic heterocycles. The molecule has 21 heavy (non-hydrogen) atoms. The molecule has 0 fully saturated rings. The summed E-state index contributed by atoms with van der Waals surface area (Å²) in [6.07, 6.45) is 0.592. The molecule has 0 aliphatic heterocycles. The highest BCUT2D eigenvalue weighted by Crippen LogP contribution is 2.15. The minimum atomic E-state index is -0.760. The minimum absolute atomic E-state index is 0.467. The molecule has 0 heterocycles. The summed E-state index contributed by atoms with van der Waals surface area (Å²) in [5, 5.41) is 9.46. The van der Waals surface area contributed by atoms with Crippen molar-refractivity contribution < 1.29 is 9.90 Å². The summed E-state index contributed by atoms with van der Waals surface area (Å²) >= 11 is 0. The topological polar surface area (TPSA) is 40.5 Å². The molecule has 0 spiro atoms. The summed E-state index contributed by atoms with van der Waals surface area (Å²) in [7, 11) is 0. The van der Waals surface area contributed by atoms with Gasteiger partial charge in [-0.1, -0.05) is 67.6 Å². The molecule has 2 rings (SSSR count). The Bertz CT molecular complexity index is 512. The van der Waals surface area contributed by atoms with Crippen molar-refractivity contribution in [2.75, 3.05) is 0 Å². The Kier molecular flexibility index (Phi) is 5.52. The average molecular weight is 283 g/mol. The summed E-state index contributed by atoms with van der Waals surface area (Å²) in [6.45, 7) is 3.20. The van der Waals surface area contributed by atoms with Gasteiger partial charge in [-0.2, -0.15) is 0 Å². The number of hydrogen-bond acceptors (Lipinski definition) is 2. The van der Waals surface area contributed by atoms with Crippen LogP contribution in [-0.4, -0.2) is 22.0 Å². The summed E-state index contributed by atoms with van der Waals surface area (Å²) in [5.41, 5.74) is 2.27. The fraction of sp³-hybridized carbons (Fsp3) is 0.278. The van der Waals surface area contributed by atoms with Crippen LogP contribution >= 0.6 is 0 Å². The number of nitrogens with zero attached hydrogens (tertiary/aromatic N) is 1. The molecule has 1 N–H and O–H groups in total. The number of benzene rings is 2. The van der Waals surface area contributed by atoms with Crippen molar-refractivity contribution in [3.05, 3.63) is 71.8 Å². The summed E-state index contributed by atoms with van der Waals surface area (Å²) in [5.74, 6) is -0.760. The molecule has 0 radical (unpaired) electrons. The van der Waals surface area contributed by atoms with Gasteiger partial charge < -0.3 is 5.11 Å². The standard InChI is InChI=1S/C18H21NO2/c1-2-17(18(20)21)19(13-15-9-5-3-6-10-15)14-16-11-7-4-8-12-16/h3-12,17H,2,13-14H2,1H3,(H,20,21). The molecule has 0 saturated heterocycles. The number of rotatable bonds is 7. The predicted octanol–water partition coefficient (Wildman–Crippen LogP) is 3.55. The van der Waals surface area contributed by atoms with Crippen LogP contribution in [0.3, 0.4) is 0 Å². The quantitative estimate of drug-likeness (QED) is 0.844. The first-order valence-corrected chi connectivity index (χ1v) is 7.25. The Morgan fingerprint density at radius 3 is 1.71 bits per heavy atom. The van der Waals surface area contributed by atoms with E-state index in [2.05, 4.69) is 0 Å². The lowest BCUT2D eigenvalue weighted by Crippen LogP contribution is -2.39. The molecule has 2 aromatic carbocycles. The number of carbonyl (C=O) groups is 1. The van der Waals surface area contributed by atoms with Gasteiger partial charge >= 0.3 is 5.97 Å². The zero-order valence-electron chi connectivity index (χ0n) is 12.3. The van der Waals surface area contributed by atoms with Gasteiger partial charge in [-0.15, -0.1) is 0 Å². The molecule has 1 unspecified atom stereocenters. The van der Waals surface area contributed by atoms with Gasteiger partial charge in [0.2, 0.25) is 0 Å². The van der Waals surface area contributed by atoms with E-state index in [1.807, 2.05) is 72.5 Å². The van der Waals surface area contributed by atoms with Crippen molar-refractivity contribution >= 4 is 5.97 Å². The third kappa shape index (κ3) is 4.43. The van der Waals surface area contributed by atoms with Crippen molar-refractivity contribution in [3.8, 4) is 0 Å². The van der Waals surface area contributed by atoms with Gasteiger partial charge in [0.05, 0.1) is 0 Å². The fourth-order valence-electron chi connectivity index (χ4n) is 2.50. The maximum atomic E-state index is 11.5. The van der Waals surface area contributed by atoms with E-state index in [0.717, 1.165) is 11.1 Å². The van der Waals surface area contributed by atoms with Gasteiger partial charge in [0, 0.05) is 13.1 Å². The largest absolute Gasteiger partial charge is 0.480 e. The Hall–Kier alpha value is -2.13. The minimum Gasteiger partial charge on any atom is -0.480 e. The number of carboxylic acids is 1. The molecule has 0 aliphatic rings. The molecule has 3 nitrogen and oxygen atoms in total. The summed E-state index contributed by atoms with van der Waals surface area (Å²) in [6, 6.07) is 19.5. The first kappa shape index (κ1) is 15.3. The lowest BCUT2D eigenvalue weighted by molar-refractivity contribution is -0.144. The molecule has 3 heteroatoms. The Morgan fingerprint density at radius 2 is 1.38 bits per heavy atom. The van der Waals surface area contributed by atoms with Crippen LogP contribution in [0.25, 0.3) is 0 Å². The predicted molar refractivity (Wildman–Crippen MR) is 83.8 cm³/mol. The van der Waals surface area contributed by atoms with Gasteiger partial charge in [-0.05, 0) is 17.5 Å². The van der Waals surface area contributed by atoms with Crippen LogP contribution in [0.4, 0.5) is 0 Å². The van der Waals surface area contributed by atoms with Crippen LogP contribution in [0.2, 0.25) is 0 Å². The van der Waals surface area contributed by atoms with Crippen LogP contribution in [-0.2, 0) is 17.9 Å². The lowest BCUT2D eigenvalue weighted by atomic mass is 10.1. The zero-order valence-corrected chi connectivity index (χ0v) is 12.3. The second-order valence-corrected chi connectivity index (χ2v) is 5.14. The second-order valence-electron chi connectivity index (χ2n) is 5.14. The van der Waals surface area contributed by atoms with E-state index in [1.165, 1.54) is 0 Å². The summed E-state index contributed by atoms with van der Waals surface area (Å²) < 4.78 is 0. The molecule has 110 valence electrons. The normalized spacial score (nSPS) is 12.3. The SMILES string of the molecule is CCC(C(=O)O)N(Cc1ccccc1)Cc1ccccc1. The highest BCUT2D eigenvalue weighted by atomic mass is 16.4. The molecular formula is C18H21NO2. The molecule has 2 aromatic rings. The van der Waals surface area contributed by atoms with Crippen molar-refractivity contribution in [2.24, 2.45) is 0 Å². The summed E-state index contributed by atoms with van der Waals surface area (Å²) in [4.78, 5) is 13.5. The van der Waals surface area contributed by atoms with Gasteiger partial charge in [0.1, 0.15) is 6.04 Å². The van der Waals surface area contributed by atoms with Crippen LogP contribution in [0, 0.1) is 0 Å².